The second kappa shape index (κ2) is 5.77. The van der Waals surface area contributed by atoms with Gasteiger partial charge in [-0.15, -0.1) is 11.3 Å². The van der Waals surface area contributed by atoms with E-state index in [9.17, 15) is 0 Å². The van der Waals surface area contributed by atoms with Crippen LogP contribution in [-0.4, -0.2) is 16.1 Å². The molecule has 3 rings (SSSR count). The van der Waals surface area contributed by atoms with E-state index in [0.29, 0.717) is 0 Å². The van der Waals surface area contributed by atoms with Crippen molar-refractivity contribution in [2.24, 2.45) is 7.05 Å². The summed E-state index contributed by atoms with van der Waals surface area (Å²) in [4.78, 5) is 5.85. The summed E-state index contributed by atoms with van der Waals surface area (Å²) in [7, 11) is 2.05. The van der Waals surface area contributed by atoms with Crippen LogP contribution in [0.25, 0.3) is 10.1 Å². The molecular weight excluding hydrogens is 266 g/mol. The van der Waals surface area contributed by atoms with Gasteiger partial charge in [-0.1, -0.05) is 25.1 Å². The van der Waals surface area contributed by atoms with Crippen LogP contribution in [0.4, 0.5) is 0 Å². The average Bonchev–Trinajstić information content (AvgIpc) is 3.06. The molecule has 0 bridgehead atoms. The second-order valence-corrected chi connectivity index (χ2v) is 6.09. The summed E-state index contributed by atoms with van der Waals surface area (Å²) in [5.41, 5.74) is 0. The van der Waals surface area contributed by atoms with Gasteiger partial charge in [0.15, 0.2) is 0 Å². The normalized spacial score (nSPS) is 12.9. The fourth-order valence-electron chi connectivity index (χ4n) is 2.41. The number of thiophene rings is 1. The number of aromatic nitrogens is 2. The lowest BCUT2D eigenvalue weighted by atomic mass is 10.2. The fourth-order valence-corrected chi connectivity index (χ4v) is 3.55. The minimum absolute atomic E-state index is 0.173. The van der Waals surface area contributed by atoms with Gasteiger partial charge in [-0.3, -0.25) is 0 Å². The van der Waals surface area contributed by atoms with Gasteiger partial charge in [0.1, 0.15) is 11.9 Å². The predicted octanol–water partition coefficient (Wildman–Crippen LogP) is 3.72. The zero-order valence-electron chi connectivity index (χ0n) is 11.8. The van der Waals surface area contributed by atoms with E-state index >= 15 is 0 Å². The third-order valence-electron chi connectivity index (χ3n) is 3.44. The van der Waals surface area contributed by atoms with Crippen molar-refractivity contribution in [3.63, 3.8) is 0 Å². The number of nitrogens with one attached hydrogen (secondary N) is 1. The first-order valence-electron chi connectivity index (χ1n) is 6.98. The maximum Gasteiger partial charge on any atom is 0.131 e. The fraction of sp³-hybridized carbons (Fsp3) is 0.312. The predicted molar refractivity (Wildman–Crippen MR) is 85.2 cm³/mol. The molecule has 104 valence electrons. The van der Waals surface area contributed by atoms with Crippen molar-refractivity contribution in [1.29, 1.82) is 0 Å². The van der Waals surface area contributed by atoms with E-state index in [-0.39, 0.29) is 6.04 Å². The first-order chi connectivity index (χ1) is 9.79. The second-order valence-electron chi connectivity index (χ2n) is 4.97. The quantitative estimate of drug-likeness (QED) is 0.774. The van der Waals surface area contributed by atoms with Crippen molar-refractivity contribution in [2.45, 2.75) is 19.4 Å². The smallest absolute Gasteiger partial charge is 0.131 e. The van der Waals surface area contributed by atoms with Gasteiger partial charge < -0.3 is 9.88 Å². The Kier molecular flexibility index (Phi) is 3.85. The Morgan fingerprint density at radius 1 is 1.35 bits per heavy atom. The van der Waals surface area contributed by atoms with Crippen molar-refractivity contribution in [1.82, 2.24) is 14.9 Å². The summed E-state index contributed by atoms with van der Waals surface area (Å²) in [6.45, 7) is 3.18. The zero-order chi connectivity index (χ0) is 13.9. The molecule has 1 atom stereocenters. The average molecular weight is 285 g/mol. The minimum atomic E-state index is 0.173. The third-order valence-corrected chi connectivity index (χ3v) is 4.63. The van der Waals surface area contributed by atoms with E-state index in [2.05, 4.69) is 59.2 Å². The molecule has 1 N–H and O–H groups in total. The van der Waals surface area contributed by atoms with Crippen LogP contribution in [0, 0.1) is 0 Å². The van der Waals surface area contributed by atoms with Gasteiger partial charge in [0.25, 0.3) is 0 Å². The van der Waals surface area contributed by atoms with E-state index in [4.69, 9.17) is 0 Å². The standard InChI is InChI=1S/C16H19N3S/c1-3-8-17-15(16-18-9-10-19(16)2)14-11-12-6-4-5-7-13(12)20-14/h4-7,9-11,15,17H,3,8H2,1-2H3. The molecule has 0 amide bonds. The number of aryl methyl sites for hydroxylation is 1. The largest absolute Gasteiger partial charge is 0.336 e. The van der Waals surface area contributed by atoms with Gasteiger partial charge in [0.2, 0.25) is 0 Å². The van der Waals surface area contributed by atoms with Gasteiger partial charge in [-0.2, -0.15) is 0 Å². The Labute approximate surface area is 123 Å². The van der Waals surface area contributed by atoms with E-state index in [1.165, 1.54) is 15.0 Å². The summed E-state index contributed by atoms with van der Waals surface area (Å²) in [6, 6.07) is 11.0. The van der Waals surface area contributed by atoms with Gasteiger partial charge in [0.05, 0.1) is 0 Å². The molecule has 0 radical (unpaired) electrons. The van der Waals surface area contributed by atoms with Crippen LogP contribution in [0.15, 0.2) is 42.7 Å². The topological polar surface area (TPSA) is 29.9 Å². The highest BCUT2D eigenvalue weighted by atomic mass is 32.1. The van der Waals surface area contributed by atoms with E-state index in [1.807, 2.05) is 23.7 Å². The molecule has 3 aromatic rings. The molecule has 4 heteroatoms. The van der Waals surface area contributed by atoms with Crippen molar-refractivity contribution in [2.75, 3.05) is 6.54 Å². The number of fused-ring (bicyclic) bond motifs is 1. The SMILES string of the molecule is CCCNC(c1cc2ccccc2s1)c1nccn1C. The molecule has 0 aliphatic heterocycles. The maximum atomic E-state index is 4.52. The molecular formula is C16H19N3S. The molecule has 1 unspecified atom stereocenters. The van der Waals surface area contributed by atoms with Crippen LogP contribution in [0.5, 0.6) is 0 Å². The number of hydrogen-bond acceptors (Lipinski definition) is 3. The van der Waals surface area contributed by atoms with Crippen molar-refractivity contribution in [3.8, 4) is 0 Å². The maximum absolute atomic E-state index is 4.52. The lowest BCUT2D eigenvalue weighted by Crippen LogP contribution is -2.25. The van der Waals surface area contributed by atoms with Crippen molar-refractivity contribution < 1.29 is 0 Å². The summed E-state index contributed by atoms with van der Waals surface area (Å²) in [6.07, 6.45) is 4.98. The van der Waals surface area contributed by atoms with Crippen LogP contribution < -0.4 is 5.32 Å². The number of benzene rings is 1. The molecule has 1 aromatic carbocycles. The van der Waals surface area contributed by atoms with E-state index in [0.717, 1.165) is 18.8 Å². The van der Waals surface area contributed by atoms with Crippen molar-refractivity contribution >= 4 is 21.4 Å². The molecule has 0 fully saturated rings. The van der Waals surface area contributed by atoms with Gasteiger partial charge in [-0.05, 0) is 30.5 Å². The van der Waals surface area contributed by atoms with Gasteiger partial charge in [-0.25, -0.2) is 4.98 Å². The minimum Gasteiger partial charge on any atom is -0.336 e. The lowest BCUT2D eigenvalue weighted by Gasteiger charge is -2.16. The zero-order valence-corrected chi connectivity index (χ0v) is 12.7. The highest BCUT2D eigenvalue weighted by Crippen LogP contribution is 2.32. The molecule has 0 aliphatic rings. The lowest BCUT2D eigenvalue weighted by molar-refractivity contribution is 0.562. The van der Waals surface area contributed by atoms with Crippen LogP contribution in [0.3, 0.4) is 0 Å². The molecule has 20 heavy (non-hydrogen) atoms. The number of hydrogen-bond donors (Lipinski definition) is 1. The monoisotopic (exact) mass is 285 g/mol. The third kappa shape index (κ3) is 2.49. The molecule has 0 aliphatic carbocycles. The molecule has 2 aromatic heterocycles. The molecule has 3 nitrogen and oxygen atoms in total. The van der Waals surface area contributed by atoms with Crippen LogP contribution in [0.1, 0.15) is 30.1 Å². The Bertz CT molecular complexity index is 665. The highest BCUT2D eigenvalue weighted by Gasteiger charge is 2.19. The summed E-state index contributed by atoms with van der Waals surface area (Å²) in [5.74, 6) is 1.07. The Morgan fingerprint density at radius 3 is 2.90 bits per heavy atom. The Balaban J connectivity index is 2.02. The number of nitrogens with zero attached hydrogens (tertiary/aromatic N) is 2. The Hall–Kier alpha value is -1.65. The van der Waals surface area contributed by atoms with Crippen molar-refractivity contribution in [3.05, 3.63) is 53.4 Å². The molecule has 0 spiro atoms. The number of rotatable bonds is 5. The first-order valence-corrected chi connectivity index (χ1v) is 7.80. The molecule has 0 saturated heterocycles. The molecule has 2 heterocycles. The first kappa shape index (κ1) is 13.3. The highest BCUT2D eigenvalue weighted by molar-refractivity contribution is 7.19. The number of imidazole rings is 1. The summed E-state index contributed by atoms with van der Waals surface area (Å²) < 4.78 is 3.43. The van der Waals surface area contributed by atoms with Crippen LogP contribution >= 0.6 is 11.3 Å². The molecule has 0 saturated carbocycles. The Morgan fingerprint density at radius 2 is 2.20 bits per heavy atom. The van der Waals surface area contributed by atoms with E-state index < -0.39 is 0 Å². The van der Waals surface area contributed by atoms with Crippen LogP contribution in [0.2, 0.25) is 0 Å². The van der Waals surface area contributed by atoms with Gasteiger partial charge >= 0.3 is 0 Å². The van der Waals surface area contributed by atoms with E-state index in [1.54, 1.807) is 0 Å². The van der Waals surface area contributed by atoms with Gasteiger partial charge in [0, 0.05) is 29.0 Å². The van der Waals surface area contributed by atoms with Crippen LogP contribution in [-0.2, 0) is 7.05 Å². The summed E-state index contributed by atoms with van der Waals surface area (Å²) >= 11 is 1.85. The summed E-state index contributed by atoms with van der Waals surface area (Å²) in [5, 5.41) is 4.93.